The van der Waals surface area contributed by atoms with Crippen LogP contribution in [-0.4, -0.2) is 72.3 Å². The van der Waals surface area contributed by atoms with Crippen molar-refractivity contribution < 1.29 is 19.1 Å². The van der Waals surface area contributed by atoms with Crippen molar-refractivity contribution in [2.24, 2.45) is 11.8 Å². The van der Waals surface area contributed by atoms with Crippen LogP contribution in [0.25, 0.3) is 0 Å². The highest BCUT2D eigenvalue weighted by atomic mass is 16.5. The molecule has 0 N–H and O–H groups in total. The molecule has 0 saturated carbocycles. The standard InChI is InChI=1S/C24H35N3O4/c1-5-6-11-27-21(28)16-20(22(27)18-7-9-19(31-4)10-8-18)24(30)26-14-12-25(13-15-26)23(29)17(2)3/h7-10,17,20,22H,5-6,11-16H2,1-4H3/t20-,22-/m0/s1. The molecule has 1 aromatic carbocycles. The molecular formula is C24H35N3O4. The van der Waals surface area contributed by atoms with Crippen LogP contribution in [0, 0.1) is 11.8 Å². The van der Waals surface area contributed by atoms with Gasteiger partial charge in [-0.15, -0.1) is 0 Å². The Morgan fingerprint density at radius 1 is 1.06 bits per heavy atom. The van der Waals surface area contributed by atoms with Gasteiger partial charge in [0.1, 0.15) is 5.75 Å². The molecule has 0 radical (unpaired) electrons. The fourth-order valence-corrected chi connectivity index (χ4v) is 4.56. The normalized spacial score (nSPS) is 21.7. The van der Waals surface area contributed by atoms with Gasteiger partial charge >= 0.3 is 0 Å². The van der Waals surface area contributed by atoms with E-state index >= 15 is 0 Å². The number of amides is 3. The molecule has 2 heterocycles. The van der Waals surface area contributed by atoms with E-state index in [9.17, 15) is 14.4 Å². The number of likely N-dealkylation sites (tertiary alicyclic amines) is 1. The number of methoxy groups -OCH3 is 1. The molecule has 0 aliphatic carbocycles. The smallest absolute Gasteiger partial charge is 0.228 e. The number of hydrogen-bond donors (Lipinski definition) is 0. The molecule has 2 saturated heterocycles. The molecule has 0 unspecified atom stereocenters. The van der Waals surface area contributed by atoms with Crippen LogP contribution in [-0.2, 0) is 14.4 Å². The zero-order valence-corrected chi connectivity index (χ0v) is 19.2. The lowest BCUT2D eigenvalue weighted by Gasteiger charge is -2.38. The van der Waals surface area contributed by atoms with Crippen molar-refractivity contribution in [1.82, 2.24) is 14.7 Å². The number of unbranched alkanes of at least 4 members (excludes halogenated alkanes) is 1. The second kappa shape index (κ2) is 10.2. The molecule has 7 heteroatoms. The Bertz CT molecular complexity index is 785. The van der Waals surface area contributed by atoms with Crippen LogP contribution < -0.4 is 4.74 Å². The Morgan fingerprint density at radius 2 is 1.68 bits per heavy atom. The summed E-state index contributed by atoms with van der Waals surface area (Å²) in [5.74, 6) is 0.504. The number of ether oxygens (including phenoxy) is 1. The third-order valence-electron chi connectivity index (χ3n) is 6.36. The molecule has 2 aliphatic rings. The van der Waals surface area contributed by atoms with E-state index in [0.717, 1.165) is 24.2 Å². The van der Waals surface area contributed by atoms with Crippen molar-refractivity contribution in [3.05, 3.63) is 29.8 Å². The maximum Gasteiger partial charge on any atom is 0.228 e. The largest absolute Gasteiger partial charge is 0.497 e. The highest BCUT2D eigenvalue weighted by molar-refractivity contribution is 5.90. The molecule has 0 bridgehead atoms. The average Bonchev–Trinajstić information content (AvgIpc) is 3.12. The van der Waals surface area contributed by atoms with Crippen LogP contribution in [0.4, 0.5) is 0 Å². The Labute approximate surface area is 185 Å². The van der Waals surface area contributed by atoms with Gasteiger partial charge in [0.25, 0.3) is 0 Å². The van der Waals surface area contributed by atoms with Crippen molar-refractivity contribution in [2.75, 3.05) is 39.8 Å². The summed E-state index contributed by atoms with van der Waals surface area (Å²) in [5.41, 5.74) is 0.967. The first-order valence-corrected chi connectivity index (χ1v) is 11.4. The SMILES string of the molecule is CCCCN1C(=O)C[C@H](C(=O)N2CCN(C(=O)C(C)C)CC2)[C@@H]1c1ccc(OC)cc1. The predicted molar refractivity (Wildman–Crippen MR) is 118 cm³/mol. The van der Waals surface area contributed by atoms with Gasteiger partial charge < -0.3 is 19.4 Å². The van der Waals surface area contributed by atoms with Gasteiger partial charge in [-0.1, -0.05) is 39.3 Å². The number of piperazine rings is 1. The maximum absolute atomic E-state index is 13.5. The lowest BCUT2D eigenvalue weighted by Crippen LogP contribution is -2.53. The molecule has 2 fully saturated rings. The third-order valence-corrected chi connectivity index (χ3v) is 6.36. The summed E-state index contributed by atoms with van der Waals surface area (Å²) in [4.78, 5) is 44.2. The lowest BCUT2D eigenvalue weighted by molar-refractivity contribution is -0.144. The van der Waals surface area contributed by atoms with Crippen molar-refractivity contribution >= 4 is 17.7 Å². The summed E-state index contributed by atoms with van der Waals surface area (Å²) in [6.07, 6.45) is 2.14. The first-order chi connectivity index (χ1) is 14.9. The molecule has 3 rings (SSSR count). The Morgan fingerprint density at radius 3 is 2.23 bits per heavy atom. The molecule has 2 atom stereocenters. The lowest BCUT2D eigenvalue weighted by atomic mass is 9.91. The average molecular weight is 430 g/mol. The highest BCUT2D eigenvalue weighted by Crippen LogP contribution is 2.40. The number of rotatable bonds is 7. The fraction of sp³-hybridized carbons (Fsp3) is 0.625. The first kappa shape index (κ1) is 23.1. The minimum Gasteiger partial charge on any atom is -0.497 e. The zero-order valence-electron chi connectivity index (χ0n) is 19.2. The van der Waals surface area contributed by atoms with Gasteiger partial charge in [0.05, 0.1) is 19.1 Å². The Kier molecular flexibility index (Phi) is 7.57. The van der Waals surface area contributed by atoms with Gasteiger partial charge in [-0.3, -0.25) is 14.4 Å². The van der Waals surface area contributed by atoms with E-state index in [1.54, 1.807) is 7.11 Å². The van der Waals surface area contributed by atoms with Crippen LogP contribution in [0.2, 0.25) is 0 Å². The van der Waals surface area contributed by atoms with Crippen LogP contribution >= 0.6 is 0 Å². The summed E-state index contributed by atoms with van der Waals surface area (Å²) in [7, 11) is 1.62. The number of benzene rings is 1. The molecule has 0 aromatic heterocycles. The van der Waals surface area contributed by atoms with Crippen molar-refractivity contribution in [3.63, 3.8) is 0 Å². The molecular weight excluding hydrogens is 394 g/mol. The summed E-state index contributed by atoms with van der Waals surface area (Å²) in [5, 5.41) is 0. The predicted octanol–water partition coefficient (Wildman–Crippen LogP) is 2.71. The monoisotopic (exact) mass is 429 g/mol. The van der Waals surface area contributed by atoms with Crippen molar-refractivity contribution in [2.45, 2.75) is 46.1 Å². The maximum atomic E-state index is 13.5. The number of carbonyl (C=O) groups excluding carboxylic acids is 3. The van der Waals surface area contributed by atoms with E-state index in [1.807, 2.05) is 52.8 Å². The Hall–Kier alpha value is -2.57. The summed E-state index contributed by atoms with van der Waals surface area (Å²) >= 11 is 0. The van der Waals surface area contributed by atoms with Crippen LogP contribution in [0.3, 0.4) is 0 Å². The fourth-order valence-electron chi connectivity index (χ4n) is 4.56. The zero-order chi connectivity index (χ0) is 22.5. The van der Waals surface area contributed by atoms with Crippen LogP contribution in [0.5, 0.6) is 5.75 Å². The summed E-state index contributed by atoms with van der Waals surface area (Å²) < 4.78 is 5.27. The van der Waals surface area contributed by atoms with E-state index in [2.05, 4.69) is 6.92 Å². The van der Waals surface area contributed by atoms with Crippen LogP contribution in [0.1, 0.15) is 51.6 Å². The highest BCUT2D eigenvalue weighted by Gasteiger charge is 2.46. The van der Waals surface area contributed by atoms with E-state index in [4.69, 9.17) is 4.74 Å². The van der Waals surface area contributed by atoms with Crippen molar-refractivity contribution in [1.29, 1.82) is 0 Å². The van der Waals surface area contributed by atoms with Gasteiger partial charge in [-0.05, 0) is 24.1 Å². The minimum atomic E-state index is -0.398. The quantitative estimate of drug-likeness (QED) is 0.668. The van der Waals surface area contributed by atoms with E-state index in [0.29, 0.717) is 32.7 Å². The van der Waals surface area contributed by atoms with Crippen LogP contribution in [0.15, 0.2) is 24.3 Å². The van der Waals surface area contributed by atoms with Gasteiger partial charge in [0, 0.05) is 45.1 Å². The van der Waals surface area contributed by atoms with Gasteiger partial charge in [-0.25, -0.2) is 0 Å². The first-order valence-electron chi connectivity index (χ1n) is 11.4. The van der Waals surface area contributed by atoms with E-state index in [-0.39, 0.29) is 36.1 Å². The van der Waals surface area contributed by atoms with Gasteiger partial charge in [0.2, 0.25) is 17.7 Å². The molecule has 7 nitrogen and oxygen atoms in total. The van der Waals surface area contributed by atoms with E-state index < -0.39 is 5.92 Å². The van der Waals surface area contributed by atoms with Crippen molar-refractivity contribution in [3.8, 4) is 5.75 Å². The molecule has 170 valence electrons. The third kappa shape index (κ3) is 5.02. The topological polar surface area (TPSA) is 70.2 Å². The molecule has 0 spiro atoms. The number of carbonyl (C=O) groups is 3. The van der Waals surface area contributed by atoms with Gasteiger partial charge in [-0.2, -0.15) is 0 Å². The Balaban J connectivity index is 1.78. The molecule has 1 aromatic rings. The minimum absolute atomic E-state index is 0.0183. The molecule has 31 heavy (non-hydrogen) atoms. The molecule has 3 amide bonds. The number of hydrogen-bond acceptors (Lipinski definition) is 4. The van der Waals surface area contributed by atoms with E-state index in [1.165, 1.54) is 0 Å². The second-order valence-corrected chi connectivity index (χ2v) is 8.77. The second-order valence-electron chi connectivity index (χ2n) is 8.77. The number of nitrogens with zero attached hydrogens (tertiary/aromatic N) is 3. The summed E-state index contributed by atoms with van der Waals surface area (Å²) in [6, 6.07) is 7.43. The summed E-state index contributed by atoms with van der Waals surface area (Å²) in [6.45, 7) is 8.70. The molecule has 2 aliphatic heterocycles. The van der Waals surface area contributed by atoms with Gasteiger partial charge in [0.15, 0.2) is 0 Å².